The van der Waals surface area contributed by atoms with Gasteiger partial charge in [0.15, 0.2) is 0 Å². The summed E-state index contributed by atoms with van der Waals surface area (Å²) in [6.07, 6.45) is 0. The van der Waals surface area contributed by atoms with Crippen molar-refractivity contribution in [3.05, 3.63) is 59.7 Å². The Morgan fingerprint density at radius 1 is 1.14 bits per heavy atom. The molecule has 0 radical (unpaired) electrons. The van der Waals surface area contributed by atoms with Crippen LogP contribution in [0.3, 0.4) is 0 Å². The third-order valence-corrected chi connectivity index (χ3v) is 5.64. The lowest BCUT2D eigenvalue weighted by Crippen LogP contribution is -2.34. The highest BCUT2D eigenvalue weighted by atomic mass is 32.2. The number of alkyl halides is 2. The van der Waals surface area contributed by atoms with Gasteiger partial charge in [0.25, 0.3) is 5.91 Å². The van der Waals surface area contributed by atoms with Crippen molar-refractivity contribution in [3.8, 4) is 5.75 Å². The van der Waals surface area contributed by atoms with Crippen LogP contribution in [-0.2, 0) is 9.84 Å². The van der Waals surface area contributed by atoms with Gasteiger partial charge in [0.1, 0.15) is 5.75 Å². The van der Waals surface area contributed by atoms with Crippen LogP contribution in [0.4, 0.5) is 8.78 Å². The van der Waals surface area contributed by atoms with Gasteiger partial charge in [-0.05, 0) is 56.1 Å². The molecule has 2 aromatic rings. The van der Waals surface area contributed by atoms with Gasteiger partial charge in [-0.15, -0.1) is 0 Å². The number of halogens is 2. The minimum atomic E-state index is -4.68. The molecule has 1 amide bonds. The lowest BCUT2D eigenvalue weighted by Gasteiger charge is -2.25. The molecule has 2 rings (SSSR count). The molecule has 0 bridgehead atoms. The van der Waals surface area contributed by atoms with Crippen LogP contribution in [0.5, 0.6) is 5.75 Å². The Labute approximate surface area is 163 Å². The Hall–Kier alpha value is -2.52. The molecule has 28 heavy (non-hydrogen) atoms. The third kappa shape index (κ3) is 5.05. The number of carbonyl (C=O) groups is 1. The fraction of sp³-hybridized carbons (Fsp3) is 0.316. The normalized spacial score (nSPS) is 12.8. The molecule has 0 saturated heterocycles. The molecule has 6 nitrogen and oxygen atoms in total. The smallest absolute Gasteiger partial charge is 0.341 e. The first-order valence-electron chi connectivity index (χ1n) is 8.37. The summed E-state index contributed by atoms with van der Waals surface area (Å²) in [5.74, 6) is -3.24. The summed E-state index contributed by atoms with van der Waals surface area (Å²) in [5, 5.41) is 2.78. The lowest BCUT2D eigenvalue weighted by molar-refractivity contribution is 0.0942. The highest BCUT2D eigenvalue weighted by Gasteiger charge is 2.26. The Balaban J connectivity index is 2.11. The first-order valence-corrected chi connectivity index (χ1v) is 9.92. The van der Waals surface area contributed by atoms with Crippen molar-refractivity contribution in [1.29, 1.82) is 0 Å². The molecular formula is C19H22F2N2O4S. The maximum atomic E-state index is 12.6. The maximum absolute atomic E-state index is 12.6. The average Bonchev–Trinajstić information content (AvgIpc) is 2.67. The summed E-state index contributed by atoms with van der Waals surface area (Å²) in [4.78, 5) is 13.8. The number of benzene rings is 2. The van der Waals surface area contributed by atoms with Crippen molar-refractivity contribution >= 4 is 15.7 Å². The van der Waals surface area contributed by atoms with Gasteiger partial charge < -0.3 is 15.0 Å². The number of hydrogen-bond acceptors (Lipinski definition) is 5. The number of likely N-dealkylation sites (N-methyl/N-ethyl adjacent to an activating group) is 1. The van der Waals surface area contributed by atoms with E-state index in [9.17, 15) is 22.0 Å². The zero-order valence-corrected chi connectivity index (χ0v) is 16.5. The van der Waals surface area contributed by atoms with Gasteiger partial charge in [-0.3, -0.25) is 4.79 Å². The Kier molecular flexibility index (Phi) is 7.09. The second-order valence-electron chi connectivity index (χ2n) is 6.30. The van der Waals surface area contributed by atoms with Gasteiger partial charge >= 0.3 is 5.76 Å². The van der Waals surface area contributed by atoms with E-state index in [-0.39, 0.29) is 18.2 Å². The minimum Gasteiger partial charge on any atom is -0.497 e. The molecule has 0 heterocycles. The van der Waals surface area contributed by atoms with E-state index in [0.29, 0.717) is 5.75 Å². The predicted octanol–water partition coefficient (Wildman–Crippen LogP) is 2.72. The number of nitrogens with one attached hydrogen (secondary N) is 1. The number of carbonyl (C=O) groups excluding carboxylic acids is 1. The van der Waals surface area contributed by atoms with Crippen molar-refractivity contribution < 1.29 is 26.7 Å². The lowest BCUT2D eigenvalue weighted by atomic mass is 10.1. The second-order valence-corrected chi connectivity index (χ2v) is 8.21. The van der Waals surface area contributed by atoms with E-state index in [1.54, 1.807) is 7.11 Å². The number of hydrogen-bond donors (Lipinski definition) is 1. The number of ether oxygens (including phenoxy) is 1. The molecule has 2 aromatic carbocycles. The van der Waals surface area contributed by atoms with Crippen LogP contribution in [0.15, 0.2) is 53.4 Å². The SMILES string of the molecule is COc1cccc(C(CNC(=O)c2ccc(S(=O)(=O)C(F)F)cc2)N(C)C)c1. The van der Waals surface area contributed by atoms with Crippen LogP contribution in [0.1, 0.15) is 22.0 Å². The zero-order valence-electron chi connectivity index (χ0n) is 15.7. The van der Waals surface area contributed by atoms with E-state index in [2.05, 4.69) is 5.32 Å². The molecule has 0 aliphatic heterocycles. The molecule has 9 heteroatoms. The summed E-state index contributed by atoms with van der Waals surface area (Å²) in [6.45, 7) is 0.288. The molecule has 0 spiro atoms. The van der Waals surface area contributed by atoms with E-state index in [1.165, 1.54) is 12.1 Å². The van der Waals surface area contributed by atoms with Gasteiger partial charge in [-0.1, -0.05) is 12.1 Å². The number of nitrogens with zero attached hydrogens (tertiary/aromatic N) is 1. The van der Waals surface area contributed by atoms with Gasteiger partial charge in [-0.25, -0.2) is 8.42 Å². The van der Waals surface area contributed by atoms with Crippen LogP contribution in [0, 0.1) is 0 Å². The summed E-state index contributed by atoms with van der Waals surface area (Å²) in [7, 11) is 0.641. The van der Waals surface area contributed by atoms with Crippen LogP contribution >= 0.6 is 0 Å². The van der Waals surface area contributed by atoms with E-state index < -0.39 is 26.4 Å². The molecule has 1 N–H and O–H groups in total. The molecule has 0 aromatic heterocycles. The molecule has 0 aliphatic carbocycles. The van der Waals surface area contributed by atoms with Crippen molar-refractivity contribution in [2.24, 2.45) is 0 Å². The molecule has 1 unspecified atom stereocenters. The van der Waals surface area contributed by atoms with Crippen LogP contribution in [0.25, 0.3) is 0 Å². The van der Waals surface area contributed by atoms with E-state index in [1.807, 2.05) is 43.3 Å². The summed E-state index contributed by atoms with van der Waals surface area (Å²) in [5.41, 5.74) is 1.12. The first-order chi connectivity index (χ1) is 13.2. The summed E-state index contributed by atoms with van der Waals surface area (Å²) >= 11 is 0. The van der Waals surface area contributed by atoms with Crippen LogP contribution in [-0.4, -0.2) is 52.7 Å². The molecule has 0 saturated carbocycles. The number of methoxy groups -OCH3 is 1. The highest BCUT2D eigenvalue weighted by molar-refractivity contribution is 7.91. The minimum absolute atomic E-state index is 0.127. The predicted molar refractivity (Wildman–Crippen MR) is 101 cm³/mol. The largest absolute Gasteiger partial charge is 0.497 e. The van der Waals surface area contributed by atoms with Gasteiger partial charge in [0.05, 0.1) is 18.0 Å². The fourth-order valence-electron chi connectivity index (χ4n) is 2.64. The molecular weight excluding hydrogens is 390 g/mol. The van der Waals surface area contributed by atoms with Gasteiger partial charge in [0, 0.05) is 12.1 Å². The second kappa shape index (κ2) is 9.11. The van der Waals surface area contributed by atoms with Gasteiger partial charge in [-0.2, -0.15) is 8.78 Å². The number of amides is 1. The summed E-state index contributed by atoms with van der Waals surface area (Å²) in [6, 6.07) is 11.8. The average molecular weight is 412 g/mol. The van der Waals surface area contributed by atoms with E-state index in [0.717, 1.165) is 17.7 Å². The van der Waals surface area contributed by atoms with Crippen molar-refractivity contribution in [3.63, 3.8) is 0 Å². The molecule has 0 aliphatic rings. The molecule has 0 fully saturated rings. The Bertz CT molecular complexity index is 916. The number of rotatable bonds is 8. The van der Waals surface area contributed by atoms with Crippen LogP contribution < -0.4 is 10.1 Å². The van der Waals surface area contributed by atoms with Crippen LogP contribution in [0.2, 0.25) is 0 Å². The molecule has 152 valence electrons. The quantitative estimate of drug-likeness (QED) is 0.722. The van der Waals surface area contributed by atoms with Crippen molar-refractivity contribution in [2.75, 3.05) is 27.7 Å². The summed E-state index contributed by atoms with van der Waals surface area (Å²) < 4.78 is 53.3. The topological polar surface area (TPSA) is 75.7 Å². The zero-order chi connectivity index (χ0) is 20.9. The third-order valence-electron chi connectivity index (χ3n) is 4.24. The Morgan fingerprint density at radius 3 is 2.32 bits per heavy atom. The fourth-order valence-corrected chi connectivity index (χ4v) is 3.36. The standard InChI is InChI=1S/C19H22F2N2O4S/c1-23(2)17(14-5-4-6-15(11-14)27-3)12-22-18(24)13-7-9-16(10-8-13)28(25,26)19(20)21/h4-11,17,19H,12H2,1-3H3,(H,22,24). The van der Waals surface area contributed by atoms with Gasteiger partial charge in [0.2, 0.25) is 9.84 Å². The van der Waals surface area contributed by atoms with Crippen molar-refractivity contribution in [2.45, 2.75) is 16.7 Å². The van der Waals surface area contributed by atoms with E-state index in [4.69, 9.17) is 4.74 Å². The van der Waals surface area contributed by atoms with E-state index >= 15 is 0 Å². The highest BCUT2D eigenvalue weighted by Crippen LogP contribution is 2.22. The Morgan fingerprint density at radius 2 is 1.79 bits per heavy atom. The first kappa shape index (κ1) is 21.8. The molecule has 1 atom stereocenters. The van der Waals surface area contributed by atoms with Crippen molar-refractivity contribution in [1.82, 2.24) is 10.2 Å². The number of sulfone groups is 1. The monoisotopic (exact) mass is 412 g/mol. The maximum Gasteiger partial charge on any atom is 0.341 e.